The zero-order valence-electron chi connectivity index (χ0n) is 37.0. The van der Waals surface area contributed by atoms with Gasteiger partial charge in [-0.2, -0.15) is 0 Å². The van der Waals surface area contributed by atoms with Gasteiger partial charge in [0, 0.05) is 50.6 Å². The molecule has 342 valence electrons. The van der Waals surface area contributed by atoms with Gasteiger partial charge in [0.1, 0.15) is 23.3 Å². The molecule has 4 heterocycles. The largest absolute Gasteiger partial charge is 0.455 e. The van der Waals surface area contributed by atoms with E-state index in [0.717, 1.165) is 4.57 Å². The van der Waals surface area contributed by atoms with Gasteiger partial charge < -0.3 is 58.1 Å². The summed E-state index contributed by atoms with van der Waals surface area (Å²) < 4.78 is 49.9. The van der Waals surface area contributed by atoms with E-state index in [4.69, 9.17) is 37.9 Å². The van der Waals surface area contributed by atoms with E-state index in [1.165, 1.54) is 53.5 Å². The van der Waals surface area contributed by atoms with Crippen molar-refractivity contribution >= 4 is 46.4 Å². The Morgan fingerprint density at radius 3 is 2.15 bits per heavy atom. The predicted molar refractivity (Wildman–Crippen MR) is 221 cm³/mol. The van der Waals surface area contributed by atoms with Crippen LogP contribution in [0.15, 0.2) is 18.7 Å². The first kappa shape index (κ1) is 50.3. The van der Waals surface area contributed by atoms with Gasteiger partial charge in [0.15, 0.2) is 28.9 Å². The first-order valence-electron chi connectivity index (χ1n) is 20.5. The maximum absolute atomic E-state index is 14.2. The molecule has 60 heavy (non-hydrogen) atoms. The van der Waals surface area contributed by atoms with Crippen molar-refractivity contribution in [3.05, 3.63) is 18.7 Å². The topological polar surface area (TPSA) is 224 Å². The van der Waals surface area contributed by atoms with Crippen molar-refractivity contribution in [2.45, 2.75) is 171 Å². The summed E-state index contributed by atoms with van der Waals surface area (Å²) in [4.78, 5) is 59.6. The molecule has 18 atom stereocenters. The number of Topliss-reactive ketones (excluding diaryl/α,β-unsaturated/α-hetero) is 1. The third-order valence-electron chi connectivity index (χ3n) is 12.4. The van der Waals surface area contributed by atoms with E-state index in [2.05, 4.69) is 4.98 Å². The molecule has 4 rings (SSSR count). The summed E-state index contributed by atoms with van der Waals surface area (Å²) in [5.41, 5.74) is -5.11. The van der Waals surface area contributed by atoms with Gasteiger partial charge in [-0.05, 0) is 91.1 Å². The molecule has 3 aliphatic heterocycles. The molecule has 3 saturated heterocycles. The lowest BCUT2D eigenvalue weighted by Crippen LogP contribution is -2.62. The van der Waals surface area contributed by atoms with Crippen molar-refractivity contribution in [2.75, 3.05) is 21.2 Å². The van der Waals surface area contributed by atoms with Crippen LogP contribution in [0.1, 0.15) is 88.5 Å². The smallest absolute Gasteiger partial charge is 0.419 e. The first-order valence-corrected chi connectivity index (χ1v) is 21.7. The number of aliphatic hydroxyl groups is 3. The second-order valence-electron chi connectivity index (χ2n) is 17.8. The van der Waals surface area contributed by atoms with E-state index in [9.17, 15) is 34.5 Å². The fourth-order valence-corrected chi connectivity index (χ4v) is 9.48. The van der Waals surface area contributed by atoms with Crippen LogP contribution in [-0.2, 0) is 52.3 Å². The number of aliphatic hydroxyl groups excluding tert-OH is 1. The van der Waals surface area contributed by atoms with Crippen LogP contribution in [0, 0.1) is 23.7 Å². The Morgan fingerprint density at radius 1 is 0.950 bits per heavy atom. The number of methoxy groups -OCH3 is 1. The van der Waals surface area contributed by atoms with Gasteiger partial charge >= 0.3 is 18.0 Å². The lowest BCUT2D eigenvalue weighted by atomic mass is 9.74. The van der Waals surface area contributed by atoms with Crippen molar-refractivity contribution in [1.29, 1.82) is 0 Å². The average molecular weight is 968 g/mol. The van der Waals surface area contributed by atoms with E-state index < -0.39 is 112 Å². The quantitative estimate of drug-likeness (QED) is 0.147. The van der Waals surface area contributed by atoms with E-state index in [1.807, 2.05) is 25.9 Å². The van der Waals surface area contributed by atoms with Gasteiger partial charge in [-0.3, -0.25) is 14.4 Å². The summed E-state index contributed by atoms with van der Waals surface area (Å²) in [6.45, 7) is 15.9. The fourth-order valence-electron chi connectivity index (χ4n) is 8.86. The molecule has 3 fully saturated rings. The SMILES string of the molecule is CO[C@]1(C)C[C@@H](C)C(=O)[C@H](C)[C@@H](O)[C@](C)(O)[C@@H](I)OC(=O)[C@H](C)[C@@H](OC2C[C@@](C)(O)[C@@H](OC(=O)n3ccnc3)[C@H](C)O2)[C@H](C)[C@H]1OC1O[C@H](C)C[C@H](N(C)C)[C@H]1OC(C)=O. The molecule has 1 aromatic heterocycles. The highest BCUT2D eigenvalue weighted by molar-refractivity contribution is 14.1. The molecular formula is C41H66IN3O15. The van der Waals surface area contributed by atoms with Gasteiger partial charge in [0.2, 0.25) is 0 Å². The standard InChI is InChI=1S/C41H66IN3O15/c1-20-17-40(9,53-13)33(58-36-31(56-26(7)46)27(44(11)12)16-21(2)54-36)23(4)30(24(5)35(49)60-37(42)41(10,52)32(48)22(3)29(20)47)57-28-18-39(8,51)34(25(6)55-28)59-38(50)45-15-14-43-19-45/h14-15,19-25,27-28,30-34,36-37,48,51-52H,16-18H2,1-13H3/t20-,21-,22+,23+,24-,25+,27+,28?,30+,31-,32-,33-,34+,36?,37+,39-,40-,41+/m1/s1. The normalized spacial score (nSPS) is 43.8. The molecule has 1 aromatic rings. The van der Waals surface area contributed by atoms with Crippen LogP contribution in [0.5, 0.6) is 0 Å². The van der Waals surface area contributed by atoms with E-state index in [-0.39, 0.29) is 30.8 Å². The highest BCUT2D eigenvalue weighted by Gasteiger charge is 2.55. The molecule has 0 amide bonds. The minimum Gasteiger partial charge on any atom is -0.455 e. The number of likely N-dealkylation sites (N-methyl/N-ethyl adjacent to an activating group) is 1. The predicted octanol–water partition coefficient (Wildman–Crippen LogP) is 3.23. The van der Waals surface area contributed by atoms with Gasteiger partial charge in [-0.1, -0.05) is 20.8 Å². The number of imidazole rings is 1. The molecule has 0 radical (unpaired) electrons. The summed E-state index contributed by atoms with van der Waals surface area (Å²) >= 11 is 1.72. The van der Waals surface area contributed by atoms with Crippen LogP contribution in [0.2, 0.25) is 0 Å². The van der Waals surface area contributed by atoms with Crippen molar-refractivity contribution < 1.29 is 72.4 Å². The number of carbonyl (C=O) groups excluding carboxylic acids is 4. The lowest BCUT2D eigenvalue weighted by molar-refractivity contribution is -0.318. The minimum absolute atomic E-state index is 0.0308. The number of esters is 2. The first-order chi connectivity index (χ1) is 27.7. The molecule has 0 saturated carbocycles. The molecule has 3 aliphatic rings. The Kier molecular flexibility index (Phi) is 16.8. The number of rotatable bonds is 8. The Bertz CT molecular complexity index is 1630. The lowest BCUT2D eigenvalue weighted by Gasteiger charge is -2.50. The number of ether oxygens (including phenoxy) is 8. The Labute approximate surface area is 366 Å². The molecule has 0 aliphatic carbocycles. The summed E-state index contributed by atoms with van der Waals surface area (Å²) in [6, 6.07) is -0.322. The Hall–Kier alpha value is -2.34. The number of carbonyl (C=O) groups is 4. The van der Waals surface area contributed by atoms with Crippen molar-refractivity contribution in [2.24, 2.45) is 23.7 Å². The number of hydrogen-bond donors (Lipinski definition) is 3. The zero-order chi connectivity index (χ0) is 45.2. The Balaban J connectivity index is 1.83. The number of hydrogen-bond acceptors (Lipinski definition) is 17. The highest BCUT2D eigenvalue weighted by Crippen LogP contribution is 2.42. The van der Waals surface area contributed by atoms with Gasteiger partial charge in [0.25, 0.3) is 0 Å². The van der Waals surface area contributed by atoms with Crippen LogP contribution in [0.25, 0.3) is 0 Å². The van der Waals surface area contributed by atoms with Gasteiger partial charge in [0.05, 0.1) is 48.1 Å². The molecule has 3 N–H and O–H groups in total. The number of halogens is 1. The van der Waals surface area contributed by atoms with Crippen LogP contribution in [0.4, 0.5) is 4.79 Å². The van der Waals surface area contributed by atoms with Crippen molar-refractivity contribution in [1.82, 2.24) is 14.5 Å². The average Bonchev–Trinajstić information content (AvgIpc) is 3.71. The van der Waals surface area contributed by atoms with Gasteiger partial charge in [-0.15, -0.1) is 0 Å². The highest BCUT2D eigenvalue weighted by atomic mass is 127. The zero-order valence-corrected chi connectivity index (χ0v) is 39.1. The number of cyclic esters (lactones) is 1. The minimum atomic E-state index is -2.06. The summed E-state index contributed by atoms with van der Waals surface area (Å²) in [7, 11) is 5.19. The van der Waals surface area contributed by atoms with E-state index >= 15 is 0 Å². The van der Waals surface area contributed by atoms with Crippen LogP contribution in [0.3, 0.4) is 0 Å². The molecule has 19 heteroatoms. The van der Waals surface area contributed by atoms with Gasteiger partial charge in [-0.25, -0.2) is 14.3 Å². The van der Waals surface area contributed by atoms with Crippen LogP contribution < -0.4 is 0 Å². The Morgan fingerprint density at radius 2 is 1.60 bits per heavy atom. The third-order valence-corrected chi connectivity index (χ3v) is 13.9. The molecule has 0 bridgehead atoms. The number of ketones is 1. The molecule has 0 spiro atoms. The van der Waals surface area contributed by atoms with E-state index in [1.54, 1.807) is 57.2 Å². The summed E-state index contributed by atoms with van der Waals surface area (Å²) in [5, 5.41) is 34.7. The summed E-state index contributed by atoms with van der Waals surface area (Å²) in [5.74, 6) is -5.60. The maximum Gasteiger partial charge on any atom is 0.419 e. The summed E-state index contributed by atoms with van der Waals surface area (Å²) in [6.07, 6.45) is -5.87. The number of nitrogens with zero attached hydrogens (tertiary/aromatic N) is 3. The van der Waals surface area contributed by atoms with Crippen molar-refractivity contribution in [3.8, 4) is 0 Å². The molecule has 0 aromatic carbocycles. The third kappa shape index (κ3) is 11.2. The molecular weight excluding hydrogens is 901 g/mol. The maximum atomic E-state index is 14.2. The monoisotopic (exact) mass is 967 g/mol. The number of alkyl halides is 1. The van der Waals surface area contributed by atoms with Crippen LogP contribution >= 0.6 is 22.6 Å². The van der Waals surface area contributed by atoms with E-state index in [0.29, 0.717) is 6.42 Å². The molecule has 18 nitrogen and oxygen atoms in total. The fraction of sp³-hybridized carbons (Fsp3) is 0.829. The number of aromatic nitrogens is 2. The van der Waals surface area contributed by atoms with Crippen molar-refractivity contribution in [3.63, 3.8) is 0 Å². The van der Waals surface area contributed by atoms with Crippen LogP contribution in [-0.4, -0.2) is 157 Å². The second kappa shape index (κ2) is 20.0. The second-order valence-corrected chi connectivity index (χ2v) is 18.9. The molecule has 2 unspecified atom stereocenters.